The fourth-order valence-electron chi connectivity index (χ4n) is 3.17. The van der Waals surface area contributed by atoms with Crippen LogP contribution < -0.4 is 0 Å². The van der Waals surface area contributed by atoms with E-state index >= 15 is 0 Å². The molecular formula is C24H45NO4. The molecule has 170 valence electrons. The molecule has 0 spiro atoms. The summed E-state index contributed by atoms with van der Waals surface area (Å²) in [4.78, 5) is 6.37. The van der Waals surface area contributed by atoms with E-state index in [1.807, 2.05) is 19.1 Å². The smallest absolute Gasteiger partial charge is 0.149 e. The fraction of sp³-hybridized carbons (Fsp3) is 0.750. The van der Waals surface area contributed by atoms with Gasteiger partial charge in [0.05, 0.1) is 5.60 Å². The summed E-state index contributed by atoms with van der Waals surface area (Å²) in [6.07, 6.45) is 8.47. The number of rotatable bonds is 8. The first-order valence-corrected chi connectivity index (χ1v) is 10.6. The lowest BCUT2D eigenvalue weighted by Gasteiger charge is -2.42. The quantitative estimate of drug-likeness (QED) is 0.177. The van der Waals surface area contributed by atoms with E-state index in [9.17, 15) is 0 Å². The molecule has 1 rings (SSSR count). The van der Waals surface area contributed by atoms with Crippen molar-refractivity contribution < 1.29 is 19.6 Å². The molecule has 1 heterocycles. The minimum absolute atomic E-state index is 0.122. The highest BCUT2D eigenvalue weighted by molar-refractivity contribution is 5.22. The van der Waals surface area contributed by atoms with Crippen molar-refractivity contribution in [1.82, 2.24) is 4.90 Å². The molecule has 1 aliphatic heterocycles. The number of likely N-dealkylation sites (tertiary alicyclic amines) is 1. The maximum atomic E-state index is 8.08. The van der Waals surface area contributed by atoms with E-state index in [-0.39, 0.29) is 12.2 Å². The van der Waals surface area contributed by atoms with Crippen LogP contribution in [0.25, 0.3) is 0 Å². The second-order valence-corrected chi connectivity index (χ2v) is 9.90. The van der Waals surface area contributed by atoms with Crippen LogP contribution in [0.4, 0.5) is 0 Å². The Morgan fingerprint density at radius 1 is 1.17 bits per heavy atom. The van der Waals surface area contributed by atoms with Crippen LogP contribution in [0.3, 0.4) is 0 Å². The van der Waals surface area contributed by atoms with E-state index < -0.39 is 0 Å². The van der Waals surface area contributed by atoms with Gasteiger partial charge in [-0.2, -0.15) is 0 Å². The Morgan fingerprint density at radius 3 is 2.31 bits per heavy atom. The molecule has 0 unspecified atom stereocenters. The van der Waals surface area contributed by atoms with Gasteiger partial charge in [-0.3, -0.25) is 10.2 Å². The van der Waals surface area contributed by atoms with Crippen molar-refractivity contribution in [3.8, 4) is 0 Å². The van der Waals surface area contributed by atoms with E-state index in [0.717, 1.165) is 30.5 Å². The van der Waals surface area contributed by atoms with Gasteiger partial charge in [0, 0.05) is 13.1 Å². The van der Waals surface area contributed by atoms with Gasteiger partial charge in [0.15, 0.2) is 0 Å². The standard InChI is InChI=1S/C16H33NO2.C8H12O2/c1-13-8-14(15(2,3)4)10-17(9-13)11-18-12-19-16(5,6)7;1-3-5-8(6-4-2)7-10-9/h13-14H,8-12H2,1-7H3;3-6,9H,1,7H2,2H3/b;6-4-,8-5+/t13-,14-;/m1./s1. The molecule has 2 atom stereocenters. The highest BCUT2D eigenvalue weighted by atomic mass is 17.1. The predicted octanol–water partition coefficient (Wildman–Crippen LogP) is 5.90. The lowest BCUT2D eigenvalue weighted by Crippen LogP contribution is -2.45. The lowest BCUT2D eigenvalue weighted by molar-refractivity contribution is -0.233. The van der Waals surface area contributed by atoms with E-state index in [1.165, 1.54) is 6.42 Å². The molecule has 0 amide bonds. The summed E-state index contributed by atoms with van der Waals surface area (Å²) in [7, 11) is 0. The first-order valence-electron chi connectivity index (χ1n) is 10.6. The molecule has 1 aliphatic rings. The Balaban J connectivity index is 0.000000665. The third kappa shape index (κ3) is 14.6. The first-order chi connectivity index (χ1) is 13.4. The minimum Gasteiger partial charge on any atom is -0.350 e. The van der Waals surface area contributed by atoms with Crippen LogP contribution in [0.2, 0.25) is 0 Å². The second-order valence-electron chi connectivity index (χ2n) is 9.90. The normalized spacial score (nSPS) is 21.8. The highest BCUT2D eigenvalue weighted by Gasteiger charge is 2.32. The minimum atomic E-state index is -0.122. The molecule has 29 heavy (non-hydrogen) atoms. The largest absolute Gasteiger partial charge is 0.350 e. The summed E-state index contributed by atoms with van der Waals surface area (Å²) in [5, 5.41) is 8.08. The van der Waals surface area contributed by atoms with Crippen molar-refractivity contribution in [2.24, 2.45) is 17.3 Å². The Hall–Kier alpha value is -0.980. The molecule has 0 bridgehead atoms. The zero-order valence-electron chi connectivity index (χ0n) is 20.0. The van der Waals surface area contributed by atoms with Crippen LogP contribution >= 0.6 is 0 Å². The van der Waals surface area contributed by atoms with Crippen LogP contribution in [0, 0.1) is 17.3 Å². The number of allylic oxidation sites excluding steroid dienone is 3. The molecule has 1 saturated heterocycles. The monoisotopic (exact) mass is 411 g/mol. The van der Waals surface area contributed by atoms with Crippen LogP contribution in [0.1, 0.15) is 61.8 Å². The number of hydrogen-bond donors (Lipinski definition) is 1. The van der Waals surface area contributed by atoms with Crippen molar-refractivity contribution in [3.63, 3.8) is 0 Å². The summed E-state index contributed by atoms with van der Waals surface area (Å²) in [6.45, 7) is 24.5. The Labute approximate surface area is 179 Å². The van der Waals surface area contributed by atoms with Gasteiger partial charge in [-0.05, 0) is 56.9 Å². The van der Waals surface area contributed by atoms with Crippen molar-refractivity contribution >= 4 is 0 Å². The Kier molecular flexibility index (Phi) is 13.6. The Morgan fingerprint density at radius 2 is 1.83 bits per heavy atom. The van der Waals surface area contributed by atoms with Gasteiger partial charge in [0.25, 0.3) is 0 Å². The van der Waals surface area contributed by atoms with E-state index in [0.29, 0.717) is 18.9 Å². The highest BCUT2D eigenvalue weighted by Crippen LogP contribution is 2.35. The third-order valence-electron chi connectivity index (χ3n) is 4.75. The SMILES string of the molecule is C=C/C=C(\C=C/C)COO.C[C@@H]1C[C@@H](C(C)(C)C)CN(COCOC(C)(C)C)C1. The molecule has 0 saturated carbocycles. The summed E-state index contributed by atoms with van der Waals surface area (Å²) in [5.41, 5.74) is 1.15. The lowest BCUT2D eigenvalue weighted by atomic mass is 9.74. The molecule has 0 aromatic heterocycles. The van der Waals surface area contributed by atoms with Gasteiger partial charge in [-0.15, -0.1) is 0 Å². The van der Waals surface area contributed by atoms with E-state index in [1.54, 1.807) is 12.2 Å². The number of ether oxygens (including phenoxy) is 2. The molecule has 0 aromatic rings. The molecule has 5 heteroatoms. The third-order valence-corrected chi connectivity index (χ3v) is 4.75. The maximum Gasteiger partial charge on any atom is 0.149 e. The predicted molar refractivity (Wildman–Crippen MR) is 122 cm³/mol. The van der Waals surface area contributed by atoms with Gasteiger partial charge < -0.3 is 9.47 Å². The van der Waals surface area contributed by atoms with Gasteiger partial charge in [0.2, 0.25) is 0 Å². The van der Waals surface area contributed by atoms with Crippen molar-refractivity contribution in [2.45, 2.75) is 67.4 Å². The molecular weight excluding hydrogens is 366 g/mol. The molecule has 0 aromatic carbocycles. The van der Waals surface area contributed by atoms with Crippen molar-refractivity contribution in [2.75, 3.05) is 33.2 Å². The summed E-state index contributed by atoms with van der Waals surface area (Å²) < 4.78 is 11.3. The van der Waals surface area contributed by atoms with Crippen molar-refractivity contribution in [1.29, 1.82) is 0 Å². The number of nitrogens with zero attached hydrogens (tertiary/aromatic N) is 1. The van der Waals surface area contributed by atoms with Crippen LogP contribution in [-0.4, -0.2) is 49.0 Å². The molecule has 1 N–H and O–H groups in total. The molecule has 0 aliphatic carbocycles. The van der Waals surface area contributed by atoms with Gasteiger partial charge in [0.1, 0.15) is 20.1 Å². The summed E-state index contributed by atoms with van der Waals surface area (Å²) >= 11 is 0. The van der Waals surface area contributed by atoms with Crippen LogP contribution in [-0.2, 0) is 14.4 Å². The topological polar surface area (TPSA) is 51.2 Å². The number of piperidine rings is 1. The van der Waals surface area contributed by atoms with Crippen LogP contribution in [0.5, 0.6) is 0 Å². The Bertz CT molecular complexity index is 500. The zero-order valence-corrected chi connectivity index (χ0v) is 20.0. The van der Waals surface area contributed by atoms with E-state index in [2.05, 4.69) is 64.8 Å². The number of hydrogen-bond acceptors (Lipinski definition) is 5. The second kappa shape index (κ2) is 14.1. The van der Waals surface area contributed by atoms with Gasteiger partial charge in [-0.25, -0.2) is 4.89 Å². The fourth-order valence-corrected chi connectivity index (χ4v) is 3.17. The van der Waals surface area contributed by atoms with Crippen molar-refractivity contribution in [3.05, 3.63) is 36.5 Å². The molecule has 5 nitrogen and oxygen atoms in total. The zero-order chi connectivity index (χ0) is 22.5. The maximum absolute atomic E-state index is 8.08. The average molecular weight is 412 g/mol. The van der Waals surface area contributed by atoms with Gasteiger partial charge >= 0.3 is 0 Å². The molecule has 0 radical (unpaired) electrons. The first kappa shape index (κ1) is 28.0. The van der Waals surface area contributed by atoms with E-state index in [4.69, 9.17) is 14.7 Å². The molecule has 1 fully saturated rings. The van der Waals surface area contributed by atoms with Crippen LogP contribution in [0.15, 0.2) is 36.5 Å². The average Bonchev–Trinajstić information content (AvgIpc) is 2.58. The summed E-state index contributed by atoms with van der Waals surface area (Å²) in [5.74, 6) is 1.51. The van der Waals surface area contributed by atoms with Gasteiger partial charge in [-0.1, -0.05) is 58.6 Å². The summed E-state index contributed by atoms with van der Waals surface area (Å²) in [6, 6.07) is 0.